The Balaban J connectivity index is 2.21. The summed E-state index contributed by atoms with van der Waals surface area (Å²) in [5.74, 6) is 0. The average molecular weight is 203 g/mol. The van der Waals surface area contributed by atoms with E-state index in [1.165, 1.54) is 32.2 Å². The Morgan fingerprint density at radius 1 is 1.33 bits per heavy atom. The van der Waals surface area contributed by atoms with E-state index >= 15 is 0 Å². The van der Waals surface area contributed by atoms with Gasteiger partial charge in [-0.1, -0.05) is 31.2 Å². The molecule has 0 amide bonds. The summed E-state index contributed by atoms with van der Waals surface area (Å²) in [6, 6.07) is 9.61. The van der Waals surface area contributed by atoms with Gasteiger partial charge in [0.25, 0.3) is 0 Å². The monoisotopic (exact) mass is 203 g/mol. The molecule has 0 fully saturated rings. The van der Waals surface area contributed by atoms with Crippen LogP contribution in [0.1, 0.15) is 43.4 Å². The number of aryl methyl sites for hydroxylation is 1. The third kappa shape index (κ3) is 2.23. The van der Waals surface area contributed by atoms with Crippen molar-refractivity contribution in [2.45, 2.75) is 38.6 Å². The van der Waals surface area contributed by atoms with Gasteiger partial charge >= 0.3 is 0 Å². The van der Waals surface area contributed by atoms with Crippen LogP contribution in [0, 0.1) is 0 Å². The molecule has 1 unspecified atom stereocenters. The van der Waals surface area contributed by atoms with Gasteiger partial charge in [0.15, 0.2) is 0 Å². The van der Waals surface area contributed by atoms with E-state index in [1.54, 1.807) is 11.1 Å². The second-order valence-electron chi connectivity index (χ2n) is 4.59. The number of benzene rings is 1. The summed E-state index contributed by atoms with van der Waals surface area (Å²) in [7, 11) is 2.26. The second-order valence-corrected chi connectivity index (χ2v) is 4.59. The van der Waals surface area contributed by atoms with Crippen molar-refractivity contribution in [2.75, 3.05) is 13.6 Å². The minimum atomic E-state index is 0.662. The number of hydrogen-bond donors (Lipinski definition) is 0. The van der Waals surface area contributed by atoms with Crippen molar-refractivity contribution in [3.05, 3.63) is 35.4 Å². The molecule has 0 aliphatic heterocycles. The summed E-state index contributed by atoms with van der Waals surface area (Å²) in [6.07, 6.45) is 5.19. The highest BCUT2D eigenvalue weighted by molar-refractivity contribution is 5.32. The zero-order chi connectivity index (χ0) is 10.7. The van der Waals surface area contributed by atoms with Gasteiger partial charge in [0.1, 0.15) is 0 Å². The molecule has 82 valence electrons. The van der Waals surface area contributed by atoms with Gasteiger partial charge in [0, 0.05) is 6.04 Å². The maximum Gasteiger partial charge on any atom is 0.0347 e. The maximum atomic E-state index is 2.51. The first-order chi connectivity index (χ1) is 7.33. The van der Waals surface area contributed by atoms with Crippen LogP contribution in [0.25, 0.3) is 0 Å². The fourth-order valence-electron chi connectivity index (χ4n) is 2.69. The normalized spacial score (nSPS) is 20.3. The molecule has 1 aliphatic rings. The van der Waals surface area contributed by atoms with Gasteiger partial charge in [-0.25, -0.2) is 0 Å². The van der Waals surface area contributed by atoms with Crippen molar-refractivity contribution in [2.24, 2.45) is 0 Å². The quantitative estimate of drug-likeness (QED) is 0.727. The van der Waals surface area contributed by atoms with Crippen LogP contribution in [0.5, 0.6) is 0 Å². The molecule has 1 aliphatic carbocycles. The van der Waals surface area contributed by atoms with Crippen LogP contribution < -0.4 is 0 Å². The SMILES string of the molecule is CCCN(C)C1CCCc2ccccc21. The van der Waals surface area contributed by atoms with Crippen molar-refractivity contribution in [3.8, 4) is 0 Å². The Morgan fingerprint density at radius 3 is 2.93 bits per heavy atom. The van der Waals surface area contributed by atoms with Crippen LogP contribution in [0.2, 0.25) is 0 Å². The molecule has 1 nitrogen and oxygen atoms in total. The molecule has 1 aromatic rings. The van der Waals surface area contributed by atoms with E-state index in [0.717, 1.165) is 0 Å². The van der Waals surface area contributed by atoms with Crippen LogP contribution in [-0.4, -0.2) is 18.5 Å². The lowest BCUT2D eigenvalue weighted by Gasteiger charge is -2.33. The molecule has 0 spiro atoms. The molecule has 0 radical (unpaired) electrons. The Bertz CT molecular complexity index is 319. The van der Waals surface area contributed by atoms with E-state index in [4.69, 9.17) is 0 Å². The smallest absolute Gasteiger partial charge is 0.0347 e. The summed E-state index contributed by atoms with van der Waals surface area (Å²) in [4.78, 5) is 2.51. The van der Waals surface area contributed by atoms with Gasteiger partial charge in [0.05, 0.1) is 0 Å². The first-order valence-corrected chi connectivity index (χ1v) is 6.11. The van der Waals surface area contributed by atoms with Gasteiger partial charge < -0.3 is 0 Å². The van der Waals surface area contributed by atoms with Crippen LogP contribution in [0.3, 0.4) is 0 Å². The summed E-state index contributed by atoms with van der Waals surface area (Å²) >= 11 is 0. The molecule has 0 bridgehead atoms. The van der Waals surface area contributed by atoms with Crippen LogP contribution in [0.15, 0.2) is 24.3 Å². The van der Waals surface area contributed by atoms with Crippen LogP contribution in [-0.2, 0) is 6.42 Å². The van der Waals surface area contributed by atoms with Crippen molar-refractivity contribution in [3.63, 3.8) is 0 Å². The average Bonchev–Trinajstić information content (AvgIpc) is 2.28. The highest BCUT2D eigenvalue weighted by atomic mass is 15.1. The third-order valence-electron chi connectivity index (χ3n) is 3.45. The number of rotatable bonds is 3. The minimum absolute atomic E-state index is 0.662. The molecule has 0 saturated carbocycles. The summed E-state index contributed by atoms with van der Waals surface area (Å²) < 4.78 is 0. The lowest BCUT2D eigenvalue weighted by atomic mass is 9.87. The molecule has 0 heterocycles. The first-order valence-electron chi connectivity index (χ1n) is 6.11. The van der Waals surface area contributed by atoms with E-state index in [2.05, 4.69) is 43.1 Å². The Kier molecular flexibility index (Phi) is 3.42. The van der Waals surface area contributed by atoms with Gasteiger partial charge in [0.2, 0.25) is 0 Å². The van der Waals surface area contributed by atoms with E-state index < -0.39 is 0 Å². The lowest BCUT2D eigenvalue weighted by Crippen LogP contribution is -2.28. The summed E-state index contributed by atoms with van der Waals surface area (Å²) in [6.45, 7) is 3.46. The topological polar surface area (TPSA) is 3.24 Å². The molecule has 0 saturated heterocycles. The van der Waals surface area contributed by atoms with E-state index in [0.29, 0.717) is 6.04 Å². The molecule has 0 aromatic heterocycles. The second kappa shape index (κ2) is 4.80. The molecule has 15 heavy (non-hydrogen) atoms. The van der Waals surface area contributed by atoms with E-state index in [9.17, 15) is 0 Å². The van der Waals surface area contributed by atoms with Crippen molar-refractivity contribution in [1.29, 1.82) is 0 Å². The highest BCUT2D eigenvalue weighted by Crippen LogP contribution is 2.33. The van der Waals surface area contributed by atoms with Crippen molar-refractivity contribution < 1.29 is 0 Å². The number of fused-ring (bicyclic) bond motifs is 1. The fourth-order valence-corrected chi connectivity index (χ4v) is 2.69. The van der Waals surface area contributed by atoms with E-state index in [1.807, 2.05) is 0 Å². The van der Waals surface area contributed by atoms with Gasteiger partial charge in [-0.05, 0) is 50.4 Å². The molecule has 1 aromatic carbocycles. The number of nitrogens with zero attached hydrogens (tertiary/aromatic N) is 1. The predicted molar refractivity (Wildman–Crippen MR) is 65.0 cm³/mol. The standard InChI is InChI=1S/C14H21N/c1-3-11-15(2)14-10-6-8-12-7-4-5-9-13(12)14/h4-5,7,9,14H,3,6,8,10-11H2,1-2H3. The Hall–Kier alpha value is -0.820. The van der Waals surface area contributed by atoms with Gasteiger partial charge in [-0.15, -0.1) is 0 Å². The van der Waals surface area contributed by atoms with Crippen molar-refractivity contribution in [1.82, 2.24) is 4.90 Å². The zero-order valence-corrected chi connectivity index (χ0v) is 9.87. The van der Waals surface area contributed by atoms with Gasteiger partial charge in [-0.3, -0.25) is 4.90 Å². The first kappa shape index (κ1) is 10.7. The Morgan fingerprint density at radius 2 is 2.13 bits per heavy atom. The summed E-state index contributed by atoms with van der Waals surface area (Å²) in [5, 5.41) is 0. The Labute approximate surface area is 93.1 Å². The third-order valence-corrected chi connectivity index (χ3v) is 3.45. The minimum Gasteiger partial charge on any atom is -0.299 e. The fraction of sp³-hybridized carbons (Fsp3) is 0.571. The maximum absolute atomic E-state index is 2.51. The predicted octanol–water partition coefficient (Wildman–Crippen LogP) is 3.41. The zero-order valence-electron chi connectivity index (χ0n) is 9.87. The highest BCUT2D eigenvalue weighted by Gasteiger charge is 2.22. The van der Waals surface area contributed by atoms with Crippen LogP contribution >= 0.6 is 0 Å². The number of hydrogen-bond acceptors (Lipinski definition) is 1. The molecule has 0 N–H and O–H groups in total. The molecule has 2 rings (SSSR count). The molecule has 1 heteroatoms. The van der Waals surface area contributed by atoms with Crippen LogP contribution in [0.4, 0.5) is 0 Å². The van der Waals surface area contributed by atoms with Crippen molar-refractivity contribution >= 4 is 0 Å². The molecular formula is C14H21N. The largest absolute Gasteiger partial charge is 0.299 e. The van der Waals surface area contributed by atoms with E-state index in [-0.39, 0.29) is 0 Å². The van der Waals surface area contributed by atoms with Gasteiger partial charge in [-0.2, -0.15) is 0 Å². The summed E-state index contributed by atoms with van der Waals surface area (Å²) in [5.41, 5.74) is 3.14. The molecule has 1 atom stereocenters. The molecular weight excluding hydrogens is 182 g/mol. The lowest BCUT2D eigenvalue weighted by molar-refractivity contribution is 0.222.